The molecule has 2 heterocycles. The Balaban J connectivity index is 1.38. The number of amides is 1. The summed E-state index contributed by atoms with van der Waals surface area (Å²) in [6, 6.07) is 7.33. The summed E-state index contributed by atoms with van der Waals surface area (Å²) in [4.78, 5) is 13.9. The van der Waals surface area contributed by atoms with Crippen molar-refractivity contribution in [2.45, 2.75) is 57.3 Å². The Hall–Kier alpha value is -2.25. The molecule has 0 radical (unpaired) electrons. The molecule has 1 N–H and O–H groups in total. The molecule has 178 valence electrons. The van der Waals surface area contributed by atoms with Gasteiger partial charge < -0.3 is 14.6 Å². The standard InChI is InChI=1S/C23H23Cl2N5O2S2/c1-2-30-20(12-32-18-9-8-14(24)10-17(18)25)28-29-23(30)33-13-21(31)27-22-16(11-26)15-6-4-3-5-7-19(15)34-22/h8-10H,2-7,12-13H2,1H3,(H,27,31). The fourth-order valence-corrected chi connectivity index (χ4v) is 6.37. The van der Waals surface area contributed by atoms with Crippen molar-refractivity contribution < 1.29 is 9.53 Å². The van der Waals surface area contributed by atoms with E-state index in [-0.39, 0.29) is 18.3 Å². The maximum absolute atomic E-state index is 12.7. The molecule has 0 bridgehead atoms. The Kier molecular flexibility index (Phi) is 8.37. The molecule has 1 aliphatic rings. The van der Waals surface area contributed by atoms with Crippen LogP contribution in [0.3, 0.4) is 0 Å². The van der Waals surface area contributed by atoms with E-state index in [1.165, 1.54) is 34.4 Å². The van der Waals surface area contributed by atoms with Crippen molar-refractivity contribution in [1.29, 1.82) is 5.26 Å². The van der Waals surface area contributed by atoms with E-state index >= 15 is 0 Å². The zero-order valence-electron chi connectivity index (χ0n) is 18.6. The fraction of sp³-hybridized carbons (Fsp3) is 0.391. The Morgan fingerprint density at radius 3 is 2.88 bits per heavy atom. The van der Waals surface area contributed by atoms with Crippen LogP contribution in [0.25, 0.3) is 0 Å². The van der Waals surface area contributed by atoms with Crippen molar-refractivity contribution in [3.05, 3.63) is 50.1 Å². The minimum atomic E-state index is -0.172. The smallest absolute Gasteiger partial charge is 0.235 e. The summed E-state index contributed by atoms with van der Waals surface area (Å²) in [7, 11) is 0. The number of nitrogens with one attached hydrogen (secondary N) is 1. The third-order valence-electron chi connectivity index (χ3n) is 5.48. The number of rotatable bonds is 8. The van der Waals surface area contributed by atoms with E-state index in [4.69, 9.17) is 27.9 Å². The number of hydrogen-bond donors (Lipinski definition) is 1. The number of benzene rings is 1. The molecule has 0 unspecified atom stereocenters. The van der Waals surface area contributed by atoms with E-state index in [1.807, 2.05) is 11.5 Å². The van der Waals surface area contributed by atoms with Gasteiger partial charge in [0.1, 0.15) is 23.4 Å². The van der Waals surface area contributed by atoms with Gasteiger partial charge >= 0.3 is 0 Å². The first-order chi connectivity index (χ1) is 16.5. The van der Waals surface area contributed by atoms with E-state index < -0.39 is 0 Å². The molecule has 3 aromatic rings. The van der Waals surface area contributed by atoms with Crippen LogP contribution in [0.15, 0.2) is 23.4 Å². The molecule has 1 amide bonds. The molecule has 0 atom stereocenters. The first-order valence-corrected chi connectivity index (χ1v) is 13.5. The molecule has 7 nitrogen and oxygen atoms in total. The molecule has 34 heavy (non-hydrogen) atoms. The maximum atomic E-state index is 12.7. The van der Waals surface area contributed by atoms with Crippen molar-refractivity contribution in [3.8, 4) is 11.8 Å². The molecule has 4 rings (SSSR count). The molecule has 0 aliphatic heterocycles. The third kappa shape index (κ3) is 5.69. The van der Waals surface area contributed by atoms with Crippen molar-refractivity contribution in [3.63, 3.8) is 0 Å². The number of ether oxygens (including phenoxy) is 1. The summed E-state index contributed by atoms with van der Waals surface area (Å²) in [6.45, 7) is 2.78. The number of thiophene rings is 1. The number of aryl methyl sites for hydroxylation is 1. The zero-order chi connectivity index (χ0) is 24.1. The molecule has 0 spiro atoms. The highest BCUT2D eigenvalue weighted by molar-refractivity contribution is 7.99. The van der Waals surface area contributed by atoms with Gasteiger partial charge in [0.2, 0.25) is 5.91 Å². The van der Waals surface area contributed by atoms with Gasteiger partial charge in [0.15, 0.2) is 11.0 Å². The number of fused-ring (bicyclic) bond motifs is 1. The number of nitrogens with zero attached hydrogens (tertiary/aromatic N) is 4. The average molecular weight is 537 g/mol. The lowest BCUT2D eigenvalue weighted by molar-refractivity contribution is -0.113. The molecule has 2 aromatic heterocycles. The Bertz CT molecular complexity index is 1230. The molecular weight excluding hydrogens is 513 g/mol. The summed E-state index contributed by atoms with van der Waals surface area (Å²) in [5.41, 5.74) is 1.74. The van der Waals surface area contributed by atoms with Gasteiger partial charge in [0.25, 0.3) is 0 Å². The van der Waals surface area contributed by atoms with Crippen molar-refractivity contribution in [2.75, 3.05) is 11.1 Å². The predicted octanol–water partition coefficient (Wildman–Crippen LogP) is 6.12. The van der Waals surface area contributed by atoms with Crippen molar-refractivity contribution in [2.24, 2.45) is 0 Å². The molecule has 11 heteroatoms. The number of hydrogen-bond acceptors (Lipinski definition) is 7. The lowest BCUT2D eigenvalue weighted by Gasteiger charge is -2.10. The summed E-state index contributed by atoms with van der Waals surface area (Å²) in [6.07, 6.45) is 5.29. The highest BCUT2D eigenvalue weighted by atomic mass is 35.5. The molecule has 1 aromatic carbocycles. The van der Waals surface area contributed by atoms with Gasteiger partial charge in [-0.15, -0.1) is 21.5 Å². The third-order valence-corrected chi connectivity index (χ3v) is 8.18. The van der Waals surface area contributed by atoms with Crippen LogP contribution in [-0.4, -0.2) is 26.4 Å². The maximum Gasteiger partial charge on any atom is 0.235 e. The fourth-order valence-electron chi connectivity index (χ4n) is 3.83. The van der Waals surface area contributed by atoms with Crippen LogP contribution >= 0.6 is 46.3 Å². The lowest BCUT2D eigenvalue weighted by Crippen LogP contribution is -2.15. The van der Waals surface area contributed by atoms with Gasteiger partial charge in [-0.1, -0.05) is 41.4 Å². The van der Waals surface area contributed by atoms with E-state index in [2.05, 4.69) is 21.6 Å². The minimum absolute atomic E-state index is 0.162. The van der Waals surface area contributed by atoms with Gasteiger partial charge in [-0.3, -0.25) is 4.79 Å². The van der Waals surface area contributed by atoms with Crippen LogP contribution in [0.4, 0.5) is 5.00 Å². The molecule has 0 saturated heterocycles. The van der Waals surface area contributed by atoms with Gasteiger partial charge in [-0.25, -0.2) is 0 Å². The highest BCUT2D eigenvalue weighted by Crippen LogP contribution is 2.37. The van der Waals surface area contributed by atoms with E-state index in [9.17, 15) is 10.1 Å². The molecule has 1 aliphatic carbocycles. The number of anilines is 1. The number of nitriles is 1. The number of thioether (sulfide) groups is 1. The molecular formula is C23H23Cl2N5O2S2. The van der Waals surface area contributed by atoms with E-state index in [0.717, 1.165) is 31.2 Å². The number of carbonyl (C=O) groups is 1. The zero-order valence-corrected chi connectivity index (χ0v) is 21.7. The first-order valence-electron chi connectivity index (χ1n) is 11.0. The van der Waals surface area contributed by atoms with E-state index in [0.29, 0.717) is 43.9 Å². The number of halogens is 2. The second kappa shape index (κ2) is 11.5. The van der Waals surface area contributed by atoms with Gasteiger partial charge in [0.05, 0.1) is 16.3 Å². The first kappa shape index (κ1) is 24.9. The van der Waals surface area contributed by atoms with Crippen molar-refractivity contribution >= 4 is 57.2 Å². The second-order valence-corrected chi connectivity index (χ2v) is 10.6. The van der Waals surface area contributed by atoms with Gasteiger partial charge in [-0.2, -0.15) is 5.26 Å². The number of aromatic nitrogens is 3. The Labute approximate surface area is 216 Å². The Morgan fingerprint density at radius 1 is 1.29 bits per heavy atom. The quantitative estimate of drug-likeness (QED) is 0.276. The van der Waals surface area contributed by atoms with Crippen LogP contribution in [-0.2, 0) is 30.8 Å². The second-order valence-electron chi connectivity index (χ2n) is 7.72. The normalized spacial score (nSPS) is 13.1. The van der Waals surface area contributed by atoms with Gasteiger partial charge in [-0.05, 0) is 56.4 Å². The topological polar surface area (TPSA) is 92.8 Å². The van der Waals surface area contributed by atoms with Crippen LogP contribution < -0.4 is 10.1 Å². The van der Waals surface area contributed by atoms with Crippen molar-refractivity contribution in [1.82, 2.24) is 14.8 Å². The number of carbonyl (C=O) groups excluding carboxylic acids is 1. The summed E-state index contributed by atoms with van der Waals surface area (Å²) in [5, 5.41) is 23.3. The largest absolute Gasteiger partial charge is 0.484 e. The van der Waals surface area contributed by atoms with Crippen LogP contribution in [0, 0.1) is 11.3 Å². The van der Waals surface area contributed by atoms with Crippen LogP contribution in [0.2, 0.25) is 10.0 Å². The molecule has 0 fully saturated rings. The van der Waals surface area contributed by atoms with E-state index in [1.54, 1.807) is 18.2 Å². The Morgan fingerprint density at radius 2 is 2.12 bits per heavy atom. The summed E-state index contributed by atoms with van der Waals surface area (Å²) in [5.74, 6) is 1.13. The van der Waals surface area contributed by atoms with Gasteiger partial charge in [0, 0.05) is 16.4 Å². The summed E-state index contributed by atoms with van der Waals surface area (Å²) < 4.78 is 7.68. The average Bonchev–Trinajstić information content (AvgIpc) is 3.28. The van der Waals surface area contributed by atoms with Crippen LogP contribution in [0.1, 0.15) is 48.0 Å². The predicted molar refractivity (Wildman–Crippen MR) is 136 cm³/mol. The lowest BCUT2D eigenvalue weighted by atomic mass is 10.1. The highest BCUT2D eigenvalue weighted by Gasteiger charge is 2.21. The SMILES string of the molecule is CCn1c(COc2ccc(Cl)cc2Cl)nnc1SCC(=O)Nc1sc2c(c1C#N)CCCCC2. The minimum Gasteiger partial charge on any atom is -0.484 e. The molecule has 0 saturated carbocycles. The monoisotopic (exact) mass is 535 g/mol. The van der Waals surface area contributed by atoms with Crippen LogP contribution in [0.5, 0.6) is 5.75 Å². The summed E-state index contributed by atoms with van der Waals surface area (Å²) >= 11 is 14.9.